The molecular formula is C47H76O18P2. The number of aliphatic hydroxyl groups is 5. The van der Waals surface area contributed by atoms with Crippen molar-refractivity contribution in [2.24, 2.45) is 11.8 Å². The van der Waals surface area contributed by atoms with E-state index >= 15 is 0 Å². The Balaban J connectivity index is 2.37. The molecule has 67 heavy (non-hydrogen) atoms. The minimum Gasteiger partial charge on any atom is -0.462 e. The summed E-state index contributed by atoms with van der Waals surface area (Å²) in [5, 5.41) is 56.5. The molecule has 1 aliphatic heterocycles. The van der Waals surface area contributed by atoms with E-state index in [1.807, 2.05) is 19.1 Å². The summed E-state index contributed by atoms with van der Waals surface area (Å²) in [5.41, 5.74) is 0. The van der Waals surface area contributed by atoms with E-state index in [-0.39, 0.29) is 25.7 Å². The van der Waals surface area contributed by atoms with Crippen molar-refractivity contribution in [1.29, 1.82) is 0 Å². The second-order valence-electron chi connectivity index (χ2n) is 16.8. The van der Waals surface area contributed by atoms with Gasteiger partial charge < -0.3 is 49.7 Å². The van der Waals surface area contributed by atoms with Gasteiger partial charge in [0.2, 0.25) is 0 Å². The van der Waals surface area contributed by atoms with Gasteiger partial charge in [0.1, 0.15) is 31.0 Å². The summed E-state index contributed by atoms with van der Waals surface area (Å²) >= 11 is 0. The fourth-order valence-electron chi connectivity index (χ4n) is 7.17. The number of hydrogen-bond donors (Lipinski definition) is 8. The molecule has 1 heterocycles. The molecule has 8 N–H and O–H groups in total. The maximum absolute atomic E-state index is 13.8. The smallest absolute Gasteiger partial charge is 0.462 e. The van der Waals surface area contributed by atoms with E-state index in [9.17, 15) is 63.7 Å². The van der Waals surface area contributed by atoms with Gasteiger partial charge in [0.15, 0.2) is 11.9 Å². The zero-order chi connectivity index (χ0) is 49.7. The van der Waals surface area contributed by atoms with E-state index in [1.165, 1.54) is 31.4 Å². The highest BCUT2D eigenvalue weighted by Gasteiger charge is 2.50. The van der Waals surface area contributed by atoms with E-state index in [4.69, 9.17) is 23.0 Å². The van der Waals surface area contributed by atoms with E-state index in [0.717, 1.165) is 44.3 Å². The molecule has 1 aliphatic carbocycles. The molecule has 0 aromatic rings. The third-order valence-electron chi connectivity index (χ3n) is 11.0. The number of phosphoric ester groups is 2. The van der Waals surface area contributed by atoms with Gasteiger partial charge in [-0.15, -0.1) is 0 Å². The van der Waals surface area contributed by atoms with Crippen LogP contribution < -0.4 is 0 Å². The first-order valence-electron chi connectivity index (χ1n) is 23.5. The van der Waals surface area contributed by atoms with Crippen molar-refractivity contribution in [3.8, 4) is 0 Å². The minimum atomic E-state index is -5.76. The molecule has 1 unspecified atom stereocenters. The lowest BCUT2D eigenvalue weighted by molar-refractivity contribution is -0.163. The first-order chi connectivity index (χ1) is 31.9. The summed E-state index contributed by atoms with van der Waals surface area (Å²) in [5.74, 6) is -5.37. The zero-order valence-electron chi connectivity index (χ0n) is 38.9. The van der Waals surface area contributed by atoms with Crippen LogP contribution in [0, 0.1) is 11.8 Å². The number of fused-ring (bicyclic) bond motifs is 4. The molecule has 0 aromatic carbocycles. The zero-order valence-corrected chi connectivity index (χ0v) is 40.7. The number of allylic oxidation sites excluding steroid dienone is 9. The van der Waals surface area contributed by atoms with E-state index < -0.39 is 107 Å². The number of unbranched alkanes of at least 4 members (excludes halogenated alkanes) is 7. The van der Waals surface area contributed by atoms with Crippen LogP contribution in [0.3, 0.4) is 0 Å². The quantitative estimate of drug-likeness (QED) is 0.0250. The largest absolute Gasteiger partial charge is 0.472 e. The summed E-state index contributed by atoms with van der Waals surface area (Å²) in [6, 6.07) is 0. The van der Waals surface area contributed by atoms with Crippen molar-refractivity contribution >= 4 is 33.4 Å². The van der Waals surface area contributed by atoms with Crippen LogP contribution in [-0.2, 0) is 46.6 Å². The van der Waals surface area contributed by atoms with Gasteiger partial charge >= 0.3 is 27.6 Å². The second kappa shape index (κ2) is 33.6. The standard InChI is InChI=1S/C47H76O18P2/c1-3-5-7-8-9-10-11-12-13-14-15-16-17-18-24-28-41(51)63-37-33-61-40(50)27-23-20-19-22-25-35-29-32-39(49)38(31-30-36(48)26-21-6-4-2)43(53)46(64-66(56,57)58)47(45(55)44(54)42(35)52)65-67(59,60)62-34-37/h9-10,12-13,15-16,19,22,29-32,35-38,42-48,52-55H,3-8,11,14,17-18,20-21,23-28,33-34H2,1-2H3,(H,59,60)(H2,56,57,58)/b10-9-,13-12-,16-15-,22-19-,31-30+,32-29-/t35-,36-,37+,38-,42+,43+,44-,45+,46+,47-/m0/s1. The number of carbonyl (C=O) groups excluding carboxylic acids is 3. The molecule has 20 heteroatoms. The van der Waals surface area contributed by atoms with Crippen LogP contribution in [0.15, 0.2) is 72.9 Å². The van der Waals surface area contributed by atoms with Gasteiger partial charge in [-0.2, -0.15) is 0 Å². The van der Waals surface area contributed by atoms with Gasteiger partial charge in [0, 0.05) is 18.8 Å². The first-order valence-corrected chi connectivity index (χ1v) is 26.6. The molecule has 0 amide bonds. The highest BCUT2D eigenvalue weighted by atomic mass is 31.2. The van der Waals surface area contributed by atoms with Gasteiger partial charge in [-0.1, -0.05) is 113 Å². The maximum atomic E-state index is 13.8. The van der Waals surface area contributed by atoms with Gasteiger partial charge in [-0.25, -0.2) is 9.13 Å². The second-order valence-corrected chi connectivity index (χ2v) is 19.4. The van der Waals surface area contributed by atoms with Crippen molar-refractivity contribution in [1.82, 2.24) is 0 Å². The third-order valence-corrected chi connectivity index (χ3v) is 12.5. The Morgan fingerprint density at radius 2 is 1.51 bits per heavy atom. The summed E-state index contributed by atoms with van der Waals surface area (Å²) in [6.45, 7) is 2.52. The number of hydrogen-bond acceptors (Lipinski definition) is 15. The SMILES string of the molecule is CCCCC/C=C\C/C=C\C/C=C\CCCCC(=O)O[C@@H]1COC(=O)CCC/C=C\C[C@H]2/C=C\C(=O)[C@H](/C=C/[C@@H](O)CCCCC)[C@@H](O)[C@@H](OP(=O)(O)O)[C@@H](OP(=O)(O)OC1)[C@H](O)[C@@H](O)[C@@H]2O. The molecular weight excluding hydrogens is 914 g/mol. The monoisotopic (exact) mass is 990 g/mol. The summed E-state index contributed by atoms with van der Waals surface area (Å²) < 4.78 is 52.0. The summed E-state index contributed by atoms with van der Waals surface area (Å²) in [6.07, 6.45) is 13.8. The Morgan fingerprint density at radius 1 is 0.866 bits per heavy atom. The molecule has 2 aliphatic rings. The van der Waals surface area contributed by atoms with Gasteiger partial charge in [-0.05, 0) is 76.7 Å². The molecule has 0 saturated heterocycles. The Morgan fingerprint density at radius 3 is 2.16 bits per heavy atom. The van der Waals surface area contributed by atoms with Crippen LogP contribution in [-0.4, -0.2) is 120 Å². The van der Waals surface area contributed by atoms with Gasteiger partial charge in [-0.3, -0.25) is 28.0 Å². The van der Waals surface area contributed by atoms with Crippen molar-refractivity contribution in [2.45, 2.75) is 178 Å². The Hall–Kier alpha value is -2.93. The van der Waals surface area contributed by atoms with E-state index in [0.29, 0.717) is 38.5 Å². The topological polar surface area (TPSA) is 293 Å². The number of rotatable bonds is 22. The molecule has 2 rings (SSSR count). The van der Waals surface area contributed by atoms with Crippen molar-refractivity contribution in [3.05, 3.63) is 72.9 Å². The molecule has 18 nitrogen and oxygen atoms in total. The fraction of sp³-hybridized carbons (Fsp3) is 0.681. The molecule has 382 valence electrons. The van der Waals surface area contributed by atoms with Crippen LogP contribution >= 0.6 is 15.6 Å². The van der Waals surface area contributed by atoms with Crippen LogP contribution in [0.4, 0.5) is 0 Å². The Labute approximate surface area is 395 Å². The van der Waals surface area contributed by atoms with Crippen LogP contribution in [0.25, 0.3) is 0 Å². The van der Waals surface area contributed by atoms with Crippen molar-refractivity contribution in [2.75, 3.05) is 13.2 Å². The van der Waals surface area contributed by atoms with E-state index in [1.54, 1.807) is 12.2 Å². The minimum absolute atomic E-state index is 0.0733. The maximum Gasteiger partial charge on any atom is 0.472 e. The number of ketones is 1. The average molecular weight is 991 g/mol. The van der Waals surface area contributed by atoms with Gasteiger partial charge in [0.25, 0.3) is 0 Å². The Kier molecular flexibility index (Phi) is 30.2. The normalized spacial score (nSPS) is 30.6. The lowest BCUT2D eigenvalue weighted by Crippen LogP contribution is -2.56. The highest BCUT2D eigenvalue weighted by molar-refractivity contribution is 7.47. The number of esters is 2. The highest BCUT2D eigenvalue weighted by Crippen LogP contribution is 2.49. The van der Waals surface area contributed by atoms with Crippen LogP contribution in [0.2, 0.25) is 0 Å². The predicted octanol–water partition coefficient (Wildman–Crippen LogP) is 6.45. The predicted molar refractivity (Wildman–Crippen MR) is 250 cm³/mol. The van der Waals surface area contributed by atoms with Crippen LogP contribution in [0.5, 0.6) is 0 Å². The average Bonchev–Trinajstić information content (AvgIpc) is 3.28. The number of aliphatic hydroxyl groups excluding tert-OH is 5. The molecule has 0 aromatic heterocycles. The molecule has 0 saturated carbocycles. The first kappa shape index (κ1) is 60.2. The molecule has 0 spiro atoms. The van der Waals surface area contributed by atoms with Crippen molar-refractivity contribution < 1.29 is 86.8 Å². The van der Waals surface area contributed by atoms with Crippen molar-refractivity contribution in [3.63, 3.8) is 0 Å². The van der Waals surface area contributed by atoms with Crippen LogP contribution in [0.1, 0.15) is 129 Å². The fourth-order valence-corrected chi connectivity index (χ4v) is 8.70. The van der Waals surface area contributed by atoms with Gasteiger partial charge in [0.05, 0.1) is 30.8 Å². The summed E-state index contributed by atoms with van der Waals surface area (Å²) in [7, 11) is -11.4. The number of carbonyl (C=O) groups is 3. The molecule has 0 fully saturated rings. The molecule has 0 radical (unpaired) electrons. The third kappa shape index (κ3) is 26.0. The number of cyclic esters (lactones) is 1. The van der Waals surface area contributed by atoms with E-state index in [2.05, 4.69) is 31.2 Å². The number of ether oxygens (including phenoxy) is 2. The lowest BCUT2D eigenvalue weighted by Gasteiger charge is -2.38. The molecule has 2 bridgehead atoms. The molecule has 11 atom stereocenters. The number of phosphoric acid groups is 2. The lowest BCUT2D eigenvalue weighted by atomic mass is 9.87. The Bertz CT molecular complexity index is 1720. The summed E-state index contributed by atoms with van der Waals surface area (Å²) in [4.78, 5) is 70.3.